The molecule has 2 N–H and O–H groups in total. The minimum absolute atomic E-state index is 0.0241. The third kappa shape index (κ3) is 5.53. The lowest BCUT2D eigenvalue weighted by atomic mass is 9.75. The molecule has 3 aromatic rings. The molecule has 5 heteroatoms. The van der Waals surface area contributed by atoms with Gasteiger partial charge in [0.15, 0.2) is 0 Å². The van der Waals surface area contributed by atoms with Gasteiger partial charge in [-0.25, -0.2) is 8.78 Å². The Morgan fingerprint density at radius 2 is 1.76 bits per heavy atom. The quantitative estimate of drug-likeness (QED) is 0.471. The fraction of sp³-hybridized carbons (Fsp3) is 0.345. The Kier molecular flexibility index (Phi) is 7.73. The van der Waals surface area contributed by atoms with Crippen LogP contribution >= 0.6 is 0 Å². The maximum absolute atomic E-state index is 14.0. The first-order chi connectivity index (χ1) is 16.5. The Balaban J connectivity index is 1.67. The van der Waals surface area contributed by atoms with Crippen molar-refractivity contribution in [2.24, 2.45) is 0 Å². The Morgan fingerprint density at radius 1 is 1.00 bits per heavy atom. The van der Waals surface area contributed by atoms with E-state index in [2.05, 4.69) is 47.9 Å². The van der Waals surface area contributed by atoms with Gasteiger partial charge in [0.25, 0.3) is 0 Å². The molecule has 34 heavy (non-hydrogen) atoms. The molecular weight excluding hydrogens is 430 g/mol. The molecule has 0 bridgehead atoms. The molecule has 1 heterocycles. The first-order valence-corrected chi connectivity index (χ1v) is 12.1. The highest BCUT2D eigenvalue weighted by molar-refractivity contribution is 5.73. The van der Waals surface area contributed by atoms with Crippen molar-refractivity contribution in [3.63, 3.8) is 0 Å². The van der Waals surface area contributed by atoms with E-state index in [0.29, 0.717) is 6.54 Å². The van der Waals surface area contributed by atoms with Crippen LogP contribution in [0.5, 0.6) is 0 Å². The van der Waals surface area contributed by atoms with E-state index in [1.165, 1.54) is 41.3 Å². The van der Waals surface area contributed by atoms with Crippen molar-refractivity contribution >= 4 is 5.91 Å². The summed E-state index contributed by atoms with van der Waals surface area (Å²) in [5, 5.41) is 6.36. The molecule has 1 aliphatic rings. The normalized spacial score (nSPS) is 18.0. The number of rotatable bonds is 7. The molecule has 3 nitrogen and oxygen atoms in total. The Bertz CT molecular complexity index is 1140. The van der Waals surface area contributed by atoms with Crippen molar-refractivity contribution in [1.29, 1.82) is 0 Å². The second-order valence-electron chi connectivity index (χ2n) is 9.07. The van der Waals surface area contributed by atoms with Crippen LogP contribution in [0, 0.1) is 11.6 Å². The molecule has 0 radical (unpaired) electrons. The number of piperidine rings is 1. The molecule has 0 saturated carbocycles. The molecule has 0 aromatic heterocycles. The number of benzene rings is 3. The van der Waals surface area contributed by atoms with Gasteiger partial charge >= 0.3 is 0 Å². The summed E-state index contributed by atoms with van der Waals surface area (Å²) in [6.45, 7) is 5.90. The molecule has 1 saturated heterocycles. The van der Waals surface area contributed by atoms with Gasteiger partial charge in [-0.15, -0.1) is 0 Å². The smallest absolute Gasteiger partial charge is 0.216 e. The minimum atomic E-state index is -0.519. The van der Waals surface area contributed by atoms with Crippen molar-refractivity contribution < 1.29 is 13.6 Å². The third-order valence-corrected chi connectivity index (χ3v) is 6.82. The SMILES string of the molecule is CCc1cc(-c2ccccc2CCNC(C)=O)ccc1C1CNCCC1c1cc(F)cc(F)c1. The van der Waals surface area contributed by atoms with Crippen molar-refractivity contribution in [2.45, 2.75) is 44.9 Å². The standard InChI is InChI=1S/C29H32F2N2O/c1-3-20-14-22(26-7-5-4-6-21(26)10-13-33-19(2)34)8-9-27(20)29-18-32-12-11-28(29)23-15-24(30)17-25(31)16-23/h4-9,14-17,28-29,32H,3,10-13,18H2,1-2H3,(H,33,34). The van der Waals surface area contributed by atoms with E-state index < -0.39 is 11.6 Å². The number of hydrogen-bond donors (Lipinski definition) is 2. The van der Waals surface area contributed by atoms with Crippen LogP contribution < -0.4 is 10.6 Å². The van der Waals surface area contributed by atoms with Crippen molar-refractivity contribution in [3.05, 3.63) is 94.6 Å². The van der Waals surface area contributed by atoms with E-state index in [4.69, 9.17) is 0 Å². The van der Waals surface area contributed by atoms with Crippen LogP contribution in [0.25, 0.3) is 11.1 Å². The third-order valence-electron chi connectivity index (χ3n) is 6.82. The Hall–Kier alpha value is -3.05. The van der Waals surface area contributed by atoms with Gasteiger partial charge in [0.2, 0.25) is 5.91 Å². The first kappa shape index (κ1) is 24.1. The van der Waals surface area contributed by atoms with E-state index in [9.17, 15) is 13.6 Å². The predicted molar refractivity (Wildman–Crippen MR) is 133 cm³/mol. The van der Waals surface area contributed by atoms with Gasteiger partial charge in [0, 0.05) is 32.0 Å². The maximum atomic E-state index is 14.0. The van der Waals surface area contributed by atoms with Gasteiger partial charge < -0.3 is 10.6 Å². The summed E-state index contributed by atoms with van der Waals surface area (Å²) >= 11 is 0. The molecule has 4 rings (SSSR count). The van der Waals surface area contributed by atoms with Gasteiger partial charge in [-0.05, 0) is 77.2 Å². The molecule has 1 amide bonds. The van der Waals surface area contributed by atoms with Gasteiger partial charge in [0.05, 0.1) is 0 Å². The Labute approximate surface area is 200 Å². The van der Waals surface area contributed by atoms with Crippen LogP contribution in [-0.4, -0.2) is 25.5 Å². The molecule has 2 unspecified atom stereocenters. The Morgan fingerprint density at radius 3 is 2.50 bits per heavy atom. The van der Waals surface area contributed by atoms with Crippen LogP contribution in [-0.2, 0) is 17.6 Å². The van der Waals surface area contributed by atoms with E-state index >= 15 is 0 Å². The fourth-order valence-corrected chi connectivity index (χ4v) is 5.21. The zero-order chi connectivity index (χ0) is 24.1. The zero-order valence-corrected chi connectivity index (χ0v) is 19.8. The molecule has 3 aromatic carbocycles. The lowest BCUT2D eigenvalue weighted by molar-refractivity contribution is -0.118. The second-order valence-corrected chi connectivity index (χ2v) is 9.07. The summed E-state index contributed by atoms with van der Waals surface area (Å²) in [7, 11) is 0. The van der Waals surface area contributed by atoms with E-state index in [1.54, 1.807) is 0 Å². The maximum Gasteiger partial charge on any atom is 0.216 e. The number of aryl methyl sites for hydroxylation is 1. The van der Waals surface area contributed by atoms with Crippen LogP contribution in [0.4, 0.5) is 8.78 Å². The summed E-state index contributed by atoms with van der Waals surface area (Å²) in [5.74, 6) is -0.853. The van der Waals surface area contributed by atoms with Gasteiger partial charge in [-0.3, -0.25) is 4.79 Å². The zero-order valence-electron chi connectivity index (χ0n) is 19.8. The molecular formula is C29H32F2N2O. The monoisotopic (exact) mass is 462 g/mol. The number of hydrogen-bond acceptors (Lipinski definition) is 2. The molecule has 0 spiro atoms. The molecule has 0 aliphatic carbocycles. The molecule has 178 valence electrons. The number of amides is 1. The van der Waals surface area contributed by atoms with Crippen LogP contribution in [0.3, 0.4) is 0 Å². The highest BCUT2D eigenvalue weighted by atomic mass is 19.1. The second kappa shape index (κ2) is 10.9. The fourth-order valence-electron chi connectivity index (χ4n) is 5.21. The minimum Gasteiger partial charge on any atom is -0.356 e. The summed E-state index contributed by atoms with van der Waals surface area (Å²) in [5.41, 5.74) is 6.74. The number of carbonyl (C=O) groups excluding carboxylic acids is 1. The average molecular weight is 463 g/mol. The summed E-state index contributed by atoms with van der Waals surface area (Å²) in [4.78, 5) is 11.3. The lowest BCUT2D eigenvalue weighted by Gasteiger charge is -2.34. The van der Waals surface area contributed by atoms with Gasteiger partial charge in [0.1, 0.15) is 11.6 Å². The van der Waals surface area contributed by atoms with Crippen molar-refractivity contribution in [1.82, 2.24) is 10.6 Å². The number of nitrogens with one attached hydrogen (secondary N) is 2. The van der Waals surface area contributed by atoms with Crippen LogP contribution in [0.2, 0.25) is 0 Å². The molecule has 2 atom stereocenters. The van der Waals surface area contributed by atoms with Gasteiger partial charge in [-0.2, -0.15) is 0 Å². The summed E-state index contributed by atoms with van der Waals surface area (Å²) in [6, 6.07) is 18.8. The summed E-state index contributed by atoms with van der Waals surface area (Å²) in [6.07, 6.45) is 2.47. The number of carbonyl (C=O) groups is 1. The highest BCUT2D eigenvalue weighted by Crippen LogP contribution is 2.40. The molecule has 1 fully saturated rings. The van der Waals surface area contributed by atoms with E-state index in [1.807, 2.05) is 12.1 Å². The summed E-state index contributed by atoms with van der Waals surface area (Å²) < 4.78 is 28.0. The van der Waals surface area contributed by atoms with Crippen LogP contribution in [0.15, 0.2) is 60.7 Å². The predicted octanol–water partition coefficient (Wildman–Crippen LogP) is 5.73. The first-order valence-electron chi connectivity index (χ1n) is 12.1. The van der Waals surface area contributed by atoms with E-state index in [-0.39, 0.29) is 17.7 Å². The largest absolute Gasteiger partial charge is 0.356 e. The average Bonchev–Trinajstić information content (AvgIpc) is 2.83. The van der Waals surface area contributed by atoms with Crippen LogP contribution in [0.1, 0.15) is 54.4 Å². The van der Waals surface area contributed by atoms with Gasteiger partial charge in [-0.1, -0.05) is 49.4 Å². The highest BCUT2D eigenvalue weighted by Gasteiger charge is 2.30. The van der Waals surface area contributed by atoms with E-state index in [0.717, 1.165) is 49.5 Å². The molecule has 1 aliphatic heterocycles. The number of halogens is 2. The van der Waals surface area contributed by atoms with Crippen molar-refractivity contribution in [2.75, 3.05) is 19.6 Å². The topological polar surface area (TPSA) is 41.1 Å². The van der Waals surface area contributed by atoms with Crippen molar-refractivity contribution in [3.8, 4) is 11.1 Å². The lowest BCUT2D eigenvalue weighted by Crippen LogP contribution is -2.34.